The summed E-state index contributed by atoms with van der Waals surface area (Å²) in [6, 6.07) is 20.1. The minimum absolute atomic E-state index is 0.0493. The molecular formula is C25H30N4O. The molecule has 0 aliphatic carbocycles. The maximum absolute atomic E-state index is 13.0. The van der Waals surface area contributed by atoms with E-state index >= 15 is 0 Å². The summed E-state index contributed by atoms with van der Waals surface area (Å²) in [6.07, 6.45) is 6.79. The molecule has 4 rings (SSSR count). The fourth-order valence-corrected chi connectivity index (χ4v) is 4.03. The Labute approximate surface area is 178 Å². The lowest BCUT2D eigenvalue weighted by molar-refractivity contribution is 0.0951. The first-order chi connectivity index (χ1) is 14.8. The number of likely N-dealkylation sites (tertiary alicyclic amines) is 1. The largest absolute Gasteiger partial charge is 0.352 e. The van der Waals surface area contributed by atoms with Gasteiger partial charge in [-0.2, -0.15) is 5.10 Å². The van der Waals surface area contributed by atoms with Crippen LogP contribution in [-0.2, 0) is 6.54 Å². The molecule has 1 fully saturated rings. The highest BCUT2D eigenvalue weighted by atomic mass is 16.1. The van der Waals surface area contributed by atoms with Gasteiger partial charge < -0.3 is 10.2 Å². The minimum Gasteiger partial charge on any atom is -0.352 e. The fourth-order valence-electron chi connectivity index (χ4n) is 4.03. The number of rotatable bonds is 8. The van der Waals surface area contributed by atoms with Crippen LogP contribution in [-0.4, -0.2) is 46.8 Å². The lowest BCUT2D eigenvalue weighted by Gasteiger charge is -2.26. The van der Waals surface area contributed by atoms with Crippen LogP contribution in [0.4, 0.5) is 0 Å². The van der Waals surface area contributed by atoms with Gasteiger partial charge in [-0.1, -0.05) is 67.1 Å². The number of carbonyl (C=O) groups is 1. The van der Waals surface area contributed by atoms with E-state index in [0.717, 1.165) is 29.8 Å². The molecule has 0 saturated carbocycles. The van der Waals surface area contributed by atoms with Gasteiger partial charge in [0.05, 0.1) is 12.1 Å². The van der Waals surface area contributed by atoms with Crippen LogP contribution in [0.15, 0.2) is 66.9 Å². The zero-order valence-corrected chi connectivity index (χ0v) is 17.5. The summed E-state index contributed by atoms with van der Waals surface area (Å²) in [5.74, 6) is -0.0493. The molecule has 0 unspecified atom stereocenters. The van der Waals surface area contributed by atoms with Gasteiger partial charge in [0.1, 0.15) is 5.69 Å². The van der Waals surface area contributed by atoms with Gasteiger partial charge in [-0.3, -0.25) is 9.48 Å². The Balaban J connectivity index is 1.44. The number of nitrogens with zero attached hydrogens (tertiary/aromatic N) is 3. The number of amides is 1. The van der Waals surface area contributed by atoms with Crippen molar-refractivity contribution in [3.63, 3.8) is 0 Å². The first kappa shape index (κ1) is 20.4. The second-order valence-corrected chi connectivity index (χ2v) is 7.95. The molecule has 0 bridgehead atoms. The van der Waals surface area contributed by atoms with Gasteiger partial charge in [-0.25, -0.2) is 0 Å². The first-order valence-corrected chi connectivity index (χ1v) is 11.0. The van der Waals surface area contributed by atoms with Crippen molar-refractivity contribution >= 4 is 5.91 Å². The molecule has 2 aromatic carbocycles. The van der Waals surface area contributed by atoms with E-state index in [4.69, 9.17) is 5.10 Å². The third kappa shape index (κ3) is 5.36. The molecule has 1 amide bonds. The maximum atomic E-state index is 13.0. The normalized spacial score (nSPS) is 14.5. The molecule has 1 aliphatic rings. The third-order valence-electron chi connectivity index (χ3n) is 5.63. The van der Waals surface area contributed by atoms with Crippen molar-refractivity contribution in [2.45, 2.75) is 32.2 Å². The van der Waals surface area contributed by atoms with E-state index in [1.807, 2.05) is 59.4 Å². The Kier molecular flexibility index (Phi) is 6.93. The predicted octanol–water partition coefficient (Wildman–Crippen LogP) is 4.20. The van der Waals surface area contributed by atoms with Crippen molar-refractivity contribution in [3.8, 4) is 11.3 Å². The summed E-state index contributed by atoms with van der Waals surface area (Å²) in [7, 11) is 0. The van der Waals surface area contributed by atoms with Crippen molar-refractivity contribution in [2.24, 2.45) is 0 Å². The average molecular weight is 403 g/mol. The summed E-state index contributed by atoms with van der Waals surface area (Å²) in [5.41, 5.74) is 3.49. The van der Waals surface area contributed by atoms with Gasteiger partial charge >= 0.3 is 0 Å². The molecule has 156 valence electrons. The molecule has 5 heteroatoms. The number of piperidine rings is 1. The lowest BCUT2D eigenvalue weighted by Crippen LogP contribution is -2.33. The molecular weight excluding hydrogens is 372 g/mol. The Bertz CT molecular complexity index is 930. The van der Waals surface area contributed by atoms with Crippen LogP contribution in [0.1, 0.15) is 41.6 Å². The highest BCUT2D eigenvalue weighted by molar-refractivity contribution is 5.99. The Morgan fingerprint density at radius 2 is 1.63 bits per heavy atom. The second kappa shape index (κ2) is 10.2. The van der Waals surface area contributed by atoms with Gasteiger partial charge in [-0.15, -0.1) is 0 Å². The van der Waals surface area contributed by atoms with E-state index in [2.05, 4.69) is 22.3 Å². The molecule has 1 aromatic heterocycles. The molecule has 0 atom stereocenters. The molecule has 2 heterocycles. The summed E-state index contributed by atoms with van der Waals surface area (Å²) >= 11 is 0. The predicted molar refractivity (Wildman–Crippen MR) is 120 cm³/mol. The number of aromatic nitrogens is 2. The Morgan fingerprint density at radius 1 is 0.933 bits per heavy atom. The van der Waals surface area contributed by atoms with E-state index in [9.17, 15) is 4.79 Å². The Hall–Kier alpha value is -2.92. The third-order valence-corrected chi connectivity index (χ3v) is 5.63. The van der Waals surface area contributed by atoms with E-state index < -0.39 is 0 Å². The number of nitrogens with one attached hydrogen (secondary N) is 1. The number of carbonyl (C=O) groups excluding carboxylic acids is 1. The summed E-state index contributed by atoms with van der Waals surface area (Å²) in [4.78, 5) is 15.5. The standard InChI is InChI=1S/C25H30N4O/c30-25(26-15-10-18-28-16-8-3-9-17-28)23-20-29(19-21-11-4-1-5-12-21)27-24(23)22-13-6-2-7-14-22/h1-2,4-7,11-14,20H,3,8-10,15-19H2,(H,26,30). The zero-order chi connectivity index (χ0) is 20.6. The molecule has 0 radical (unpaired) electrons. The fraction of sp³-hybridized carbons (Fsp3) is 0.360. The van der Waals surface area contributed by atoms with E-state index in [1.165, 1.54) is 32.4 Å². The quantitative estimate of drug-likeness (QED) is 0.575. The molecule has 1 aliphatic heterocycles. The van der Waals surface area contributed by atoms with Crippen LogP contribution in [0.5, 0.6) is 0 Å². The van der Waals surface area contributed by atoms with Gasteiger partial charge in [-0.05, 0) is 44.5 Å². The average Bonchev–Trinajstić information content (AvgIpc) is 3.22. The van der Waals surface area contributed by atoms with Gasteiger partial charge in [0.25, 0.3) is 5.91 Å². The summed E-state index contributed by atoms with van der Waals surface area (Å²) < 4.78 is 1.86. The Morgan fingerprint density at radius 3 is 2.37 bits per heavy atom. The van der Waals surface area contributed by atoms with Crippen LogP contribution in [0.25, 0.3) is 11.3 Å². The van der Waals surface area contributed by atoms with Gasteiger partial charge in [0, 0.05) is 18.3 Å². The number of hydrogen-bond acceptors (Lipinski definition) is 3. The van der Waals surface area contributed by atoms with Crippen LogP contribution in [0.2, 0.25) is 0 Å². The topological polar surface area (TPSA) is 50.2 Å². The zero-order valence-electron chi connectivity index (χ0n) is 17.5. The maximum Gasteiger partial charge on any atom is 0.255 e. The van der Waals surface area contributed by atoms with Crippen LogP contribution < -0.4 is 5.32 Å². The molecule has 1 saturated heterocycles. The molecule has 3 aromatic rings. The highest BCUT2D eigenvalue weighted by Gasteiger charge is 2.18. The monoisotopic (exact) mass is 402 g/mol. The summed E-state index contributed by atoms with van der Waals surface area (Å²) in [5, 5.41) is 7.85. The highest BCUT2D eigenvalue weighted by Crippen LogP contribution is 2.22. The van der Waals surface area contributed by atoms with Crippen molar-refractivity contribution in [2.75, 3.05) is 26.2 Å². The van der Waals surface area contributed by atoms with Crippen molar-refractivity contribution in [3.05, 3.63) is 78.0 Å². The van der Waals surface area contributed by atoms with Gasteiger partial charge in [0.15, 0.2) is 0 Å². The molecule has 30 heavy (non-hydrogen) atoms. The van der Waals surface area contributed by atoms with Crippen molar-refractivity contribution < 1.29 is 4.79 Å². The second-order valence-electron chi connectivity index (χ2n) is 7.95. The molecule has 1 N–H and O–H groups in total. The molecule has 5 nitrogen and oxygen atoms in total. The SMILES string of the molecule is O=C(NCCCN1CCCCC1)c1cn(Cc2ccccc2)nc1-c1ccccc1. The van der Waals surface area contributed by atoms with Crippen LogP contribution in [0, 0.1) is 0 Å². The number of benzene rings is 2. The van der Waals surface area contributed by atoms with E-state index in [0.29, 0.717) is 18.7 Å². The van der Waals surface area contributed by atoms with E-state index in [1.54, 1.807) is 0 Å². The first-order valence-electron chi connectivity index (χ1n) is 11.0. The summed E-state index contributed by atoms with van der Waals surface area (Å²) in [6.45, 7) is 4.77. The van der Waals surface area contributed by atoms with Crippen LogP contribution >= 0.6 is 0 Å². The lowest BCUT2D eigenvalue weighted by atomic mass is 10.1. The smallest absolute Gasteiger partial charge is 0.255 e. The molecule has 0 spiro atoms. The van der Waals surface area contributed by atoms with E-state index in [-0.39, 0.29) is 5.91 Å². The van der Waals surface area contributed by atoms with Crippen molar-refractivity contribution in [1.82, 2.24) is 20.0 Å². The minimum atomic E-state index is -0.0493. The van der Waals surface area contributed by atoms with Crippen LogP contribution in [0.3, 0.4) is 0 Å². The number of hydrogen-bond donors (Lipinski definition) is 1. The van der Waals surface area contributed by atoms with Crippen molar-refractivity contribution in [1.29, 1.82) is 0 Å². The van der Waals surface area contributed by atoms with Gasteiger partial charge in [0.2, 0.25) is 0 Å².